The third-order valence-corrected chi connectivity index (χ3v) is 5.44. The van der Waals surface area contributed by atoms with Crippen molar-refractivity contribution in [1.82, 2.24) is 24.7 Å². The van der Waals surface area contributed by atoms with Gasteiger partial charge < -0.3 is 10.1 Å². The van der Waals surface area contributed by atoms with Gasteiger partial charge in [0.1, 0.15) is 29.6 Å². The lowest BCUT2D eigenvalue weighted by Crippen LogP contribution is -2.26. The van der Waals surface area contributed by atoms with Crippen molar-refractivity contribution in [2.75, 3.05) is 0 Å². The second kappa shape index (κ2) is 8.23. The van der Waals surface area contributed by atoms with E-state index in [0.29, 0.717) is 28.6 Å². The van der Waals surface area contributed by atoms with Crippen molar-refractivity contribution < 1.29 is 18.3 Å². The van der Waals surface area contributed by atoms with Crippen LogP contribution in [0.25, 0.3) is 17.2 Å². The second-order valence-electron chi connectivity index (χ2n) is 8.12. The van der Waals surface area contributed by atoms with Crippen LogP contribution in [-0.4, -0.2) is 31.3 Å². The van der Waals surface area contributed by atoms with Gasteiger partial charge in [-0.2, -0.15) is 0 Å². The average Bonchev–Trinajstić information content (AvgIpc) is 3.53. The molecule has 0 atom stereocenters. The first kappa shape index (κ1) is 21.0. The summed E-state index contributed by atoms with van der Waals surface area (Å²) in [5.74, 6) is -0.864. The van der Waals surface area contributed by atoms with Crippen molar-refractivity contribution in [1.29, 1.82) is 0 Å². The summed E-state index contributed by atoms with van der Waals surface area (Å²) in [6.07, 6.45) is 5.35. The van der Waals surface area contributed by atoms with E-state index in [9.17, 15) is 13.6 Å². The predicted octanol–water partition coefficient (Wildman–Crippen LogP) is 4.16. The Hall–Kier alpha value is -3.88. The minimum absolute atomic E-state index is 0.154. The predicted molar refractivity (Wildman–Crippen MR) is 117 cm³/mol. The largest absolute Gasteiger partial charge is 0.485 e. The monoisotopic (exact) mass is 449 g/mol. The Balaban J connectivity index is 1.52. The summed E-state index contributed by atoms with van der Waals surface area (Å²) in [7, 11) is 0. The number of hydrogen-bond acceptors (Lipinski definition) is 5. The number of hydrogen-bond donors (Lipinski definition) is 1. The molecule has 0 unspecified atom stereocenters. The van der Waals surface area contributed by atoms with Gasteiger partial charge in [0.2, 0.25) is 0 Å². The first-order chi connectivity index (χ1) is 15.9. The standard InChI is InChI=1S/C24H21F2N5O2/c1-13-10-20(33-12-16-17(25)4-3-5-18(16)26)23-28-14(2)21(31(23)11-13)22-27-9-8-19(30-22)24(32)29-15-6-7-15/h3-5,8-11,15H,6-7,12H2,1-2H3,(H,29,32). The van der Waals surface area contributed by atoms with Gasteiger partial charge in [-0.25, -0.2) is 23.7 Å². The summed E-state index contributed by atoms with van der Waals surface area (Å²) in [4.78, 5) is 25.8. The number of ether oxygens (including phenoxy) is 1. The maximum atomic E-state index is 14.0. The fourth-order valence-electron chi connectivity index (χ4n) is 3.64. The molecule has 33 heavy (non-hydrogen) atoms. The highest BCUT2D eigenvalue weighted by Gasteiger charge is 2.25. The fourth-order valence-corrected chi connectivity index (χ4v) is 3.64. The molecule has 1 fully saturated rings. The van der Waals surface area contributed by atoms with Crippen LogP contribution in [0.15, 0.2) is 42.7 Å². The fraction of sp³-hybridized carbons (Fsp3) is 0.250. The van der Waals surface area contributed by atoms with Crippen molar-refractivity contribution in [3.05, 3.63) is 76.9 Å². The van der Waals surface area contributed by atoms with E-state index in [1.807, 2.05) is 13.1 Å². The van der Waals surface area contributed by atoms with Crippen LogP contribution in [0.3, 0.4) is 0 Å². The molecule has 7 nitrogen and oxygen atoms in total. The average molecular weight is 449 g/mol. The van der Waals surface area contributed by atoms with Crippen molar-refractivity contribution in [3.8, 4) is 17.3 Å². The van der Waals surface area contributed by atoms with E-state index in [2.05, 4.69) is 20.3 Å². The quantitative estimate of drug-likeness (QED) is 0.478. The van der Waals surface area contributed by atoms with Crippen LogP contribution < -0.4 is 10.1 Å². The van der Waals surface area contributed by atoms with Gasteiger partial charge in [-0.1, -0.05) is 6.07 Å². The summed E-state index contributed by atoms with van der Waals surface area (Å²) < 4.78 is 35.6. The number of carbonyl (C=O) groups excluding carboxylic acids is 1. The highest BCUT2D eigenvalue weighted by molar-refractivity contribution is 5.93. The summed E-state index contributed by atoms with van der Waals surface area (Å²) in [6.45, 7) is 3.39. The molecule has 1 N–H and O–H groups in total. The maximum absolute atomic E-state index is 14.0. The third kappa shape index (κ3) is 4.13. The maximum Gasteiger partial charge on any atom is 0.270 e. The molecule has 3 aromatic heterocycles. The lowest BCUT2D eigenvalue weighted by molar-refractivity contribution is 0.0946. The van der Waals surface area contributed by atoms with E-state index < -0.39 is 11.6 Å². The van der Waals surface area contributed by atoms with Gasteiger partial charge in [-0.3, -0.25) is 9.20 Å². The Morgan fingerprint density at radius 2 is 1.94 bits per heavy atom. The summed E-state index contributed by atoms with van der Waals surface area (Å²) in [6, 6.07) is 7.23. The number of rotatable bonds is 6. The van der Waals surface area contributed by atoms with Crippen molar-refractivity contribution in [2.45, 2.75) is 39.3 Å². The van der Waals surface area contributed by atoms with Gasteiger partial charge in [-0.15, -0.1) is 0 Å². The van der Waals surface area contributed by atoms with Crippen molar-refractivity contribution in [3.63, 3.8) is 0 Å². The molecule has 3 heterocycles. The van der Waals surface area contributed by atoms with E-state index in [1.165, 1.54) is 24.4 Å². The lowest BCUT2D eigenvalue weighted by Gasteiger charge is -2.11. The summed E-state index contributed by atoms with van der Waals surface area (Å²) in [5.41, 5.74) is 2.66. The molecule has 1 aliphatic carbocycles. The van der Waals surface area contributed by atoms with Gasteiger partial charge in [0.15, 0.2) is 17.2 Å². The molecule has 0 bridgehead atoms. The van der Waals surface area contributed by atoms with Gasteiger partial charge >= 0.3 is 0 Å². The molecule has 9 heteroatoms. The molecule has 0 saturated heterocycles. The number of imidazole rings is 1. The number of aromatic nitrogens is 4. The second-order valence-corrected chi connectivity index (χ2v) is 8.12. The first-order valence-corrected chi connectivity index (χ1v) is 10.6. The number of fused-ring (bicyclic) bond motifs is 1. The van der Waals surface area contributed by atoms with Gasteiger partial charge in [0, 0.05) is 18.4 Å². The Kier molecular flexibility index (Phi) is 5.24. The van der Waals surface area contributed by atoms with E-state index in [0.717, 1.165) is 18.4 Å². The Morgan fingerprint density at radius 3 is 2.67 bits per heavy atom. The number of aryl methyl sites for hydroxylation is 2. The number of benzene rings is 1. The SMILES string of the molecule is Cc1cc(OCc2c(F)cccc2F)c2nc(C)c(-c3nccc(C(=O)NC4CC4)n3)n2c1. The third-order valence-electron chi connectivity index (χ3n) is 5.44. The van der Waals surface area contributed by atoms with Crippen LogP contribution in [0.5, 0.6) is 5.75 Å². The number of nitrogens with one attached hydrogen (secondary N) is 1. The van der Waals surface area contributed by atoms with Crippen LogP contribution in [0.4, 0.5) is 8.78 Å². The summed E-state index contributed by atoms with van der Waals surface area (Å²) >= 11 is 0. The zero-order chi connectivity index (χ0) is 23.1. The Labute approximate surface area is 188 Å². The Morgan fingerprint density at radius 1 is 1.18 bits per heavy atom. The normalized spacial score (nSPS) is 13.3. The van der Waals surface area contributed by atoms with Crippen LogP contribution in [-0.2, 0) is 6.61 Å². The number of halogens is 2. The van der Waals surface area contributed by atoms with E-state index in [-0.39, 0.29) is 29.8 Å². The molecule has 0 radical (unpaired) electrons. The minimum atomic E-state index is -0.673. The zero-order valence-corrected chi connectivity index (χ0v) is 18.1. The van der Waals surface area contributed by atoms with Crippen LogP contribution in [0.1, 0.15) is 40.2 Å². The van der Waals surface area contributed by atoms with Crippen LogP contribution in [0.2, 0.25) is 0 Å². The van der Waals surface area contributed by atoms with E-state index in [1.54, 1.807) is 23.5 Å². The topological polar surface area (TPSA) is 81.4 Å². The highest BCUT2D eigenvalue weighted by atomic mass is 19.1. The van der Waals surface area contributed by atoms with Gasteiger partial charge in [-0.05, 0) is 56.5 Å². The van der Waals surface area contributed by atoms with E-state index >= 15 is 0 Å². The number of carbonyl (C=O) groups is 1. The molecule has 1 aromatic carbocycles. The van der Waals surface area contributed by atoms with Gasteiger partial charge in [0.25, 0.3) is 5.91 Å². The van der Waals surface area contributed by atoms with Crippen LogP contribution >= 0.6 is 0 Å². The summed E-state index contributed by atoms with van der Waals surface area (Å²) in [5, 5.41) is 2.92. The van der Waals surface area contributed by atoms with E-state index in [4.69, 9.17) is 4.74 Å². The molecule has 1 aliphatic rings. The molecule has 4 aromatic rings. The van der Waals surface area contributed by atoms with Gasteiger partial charge in [0.05, 0.1) is 11.3 Å². The first-order valence-electron chi connectivity index (χ1n) is 10.6. The molecule has 0 spiro atoms. The van der Waals surface area contributed by atoms with Crippen LogP contribution in [0, 0.1) is 25.5 Å². The Bertz CT molecular complexity index is 1360. The molecule has 1 saturated carbocycles. The lowest BCUT2D eigenvalue weighted by atomic mass is 10.2. The molecular formula is C24H21F2N5O2. The molecule has 0 aliphatic heterocycles. The van der Waals surface area contributed by atoms with Crippen molar-refractivity contribution >= 4 is 11.6 Å². The highest BCUT2D eigenvalue weighted by Crippen LogP contribution is 2.29. The molecular weight excluding hydrogens is 428 g/mol. The number of pyridine rings is 1. The molecule has 1 amide bonds. The minimum Gasteiger partial charge on any atom is -0.485 e. The smallest absolute Gasteiger partial charge is 0.270 e. The molecule has 5 rings (SSSR count). The molecule has 168 valence electrons. The number of amides is 1. The zero-order valence-electron chi connectivity index (χ0n) is 18.1. The number of nitrogens with zero attached hydrogens (tertiary/aromatic N) is 4. The van der Waals surface area contributed by atoms with Crippen molar-refractivity contribution in [2.24, 2.45) is 0 Å².